The number of rotatable bonds is 2. The molecular formula is C19H13N3O3S. The number of fused-ring (bicyclic) bond motifs is 3. The molecule has 0 aliphatic carbocycles. The molecule has 6 nitrogen and oxygen atoms in total. The monoisotopic (exact) mass is 363 g/mol. The maximum absolute atomic E-state index is 12.8. The Morgan fingerprint density at radius 3 is 2.77 bits per heavy atom. The smallest absolute Gasteiger partial charge is 0.280 e. The van der Waals surface area contributed by atoms with Crippen molar-refractivity contribution in [1.29, 1.82) is 0 Å². The number of benzene rings is 2. The van der Waals surface area contributed by atoms with E-state index in [1.165, 1.54) is 16.3 Å². The van der Waals surface area contributed by atoms with Crippen LogP contribution in [0, 0.1) is 0 Å². The molecule has 26 heavy (non-hydrogen) atoms. The molecule has 0 N–H and O–H groups in total. The van der Waals surface area contributed by atoms with E-state index in [9.17, 15) is 4.79 Å². The number of hydrogen-bond donors (Lipinski definition) is 0. The summed E-state index contributed by atoms with van der Waals surface area (Å²) in [6.07, 6.45) is 3.89. The van der Waals surface area contributed by atoms with Crippen molar-refractivity contribution in [1.82, 2.24) is 14.6 Å². The van der Waals surface area contributed by atoms with Crippen LogP contribution in [0.3, 0.4) is 0 Å². The van der Waals surface area contributed by atoms with E-state index in [0.717, 1.165) is 21.9 Å². The number of thioether (sulfide) groups is 1. The van der Waals surface area contributed by atoms with Crippen molar-refractivity contribution in [3.05, 3.63) is 63.6 Å². The van der Waals surface area contributed by atoms with Gasteiger partial charge in [-0.3, -0.25) is 4.79 Å². The van der Waals surface area contributed by atoms with Gasteiger partial charge in [-0.1, -0.05) is 36.0 Å². The zero-order valence-corrected chi connectivity index (χ0v) is 14.6. The average molecular weight is 363 g/mol. The summed E-state index contributed by atoms with van der Waals surface area (Å²) in [4.78, 5) is 17.3. The second-order valence-corrected chi connectivity index (χ2v) is 6.63. The molecule has 2 aromatic carbocycles. The molecule has 0 atom stereocenters. The van der Waals surface area contributed by atoms with Gasteiger partial charge in [-0.15, -0.1) is 5.10 Å². The van der Waals surface area contributed by atoms with Gasteiger partial charge in [0.2, 0.25) is 11.9 Å². The highest BCUT2D eigenvalue weighted by Crippen LogP contribution is 2.32. The van der Waals surface area contributed by atoms with Crippen LogP contribution < -0.4 is 20.3 Å². The molecule has 4 aromatic rings. The van der Waals surface area contributed by atoms with Crippen molar-refractivity contribution in [2.45, 2.75) is 5.16 Å². The van der Waals surface area contributed by atoms with E-state index in [1.807, 2.05) is 54.8 Å². The van der Waals surface area contributed by atoms with Gasteiger partial charge in [-0.05, 0) is 41.5 Å². The summed E-state index contributed by atoms with van der Waals surface area (Å²) in [7, 11) is 0. The summed E-state index contributed by atoms with van der Waals surface area (Å²) in [5.74, 6) is 1.45. The Morgan fingerprint density at radius 2 is 1.92 bits per heavy atom. The first-order valence-electron chi connectivity index (χ1n) is 8.01. The number of nitrogens with zero attached hydrogens (tertiary/aromatic N) is 3. The second-order valence-electron chi connectivity index (χ2n) is 5.86. The van der Waals surface area contributed by atoms with Gasteiger partial charge in [0.1, 0.15) is 0 Å². The third-order valence-corrected chi connectivity index (χ3v) is 4.90. The van der Waals surface area contributed by atoms with Crippen LogP contribution in [0.2, 0.25) is 0 Å². The average Bonchev–Trinajstić information content (AvgIpc) is 3.31. The fourth-order valence-corrected chi connectivity index (χ4v) is 3.49. The molecule has 128 valence electrons. The number of hydrogen-bond acceptors (Lipinski definition) is 6. The Hall–Kier alpha value is -3.06. The van der Waals surface area contributed by atoms with Crippen LogP contribution in [0.1, 0.15) is 5.56 Å². The lowest BCUT2D eigenvalue weighted by atomic mass is 10.1. The SMILES string of the molecule is CSc1nc2c(=Cc3ccc4c(c3)OCO4)c3ccccc3c(=O)n2n1. The maximum atomic E-state index is 12.8. The van der Waals surface area contributed by atoms with Gasteiger partial charge >= 0.3 is 0 Å². The van der Waals surface area contributed by atoms with Gasteiger partial charge in [0.05, 0.1) is 0 Å². The minimum Gasteiger partial charge on any atom is -0.454 e. The third kappa shape index (κ3) is 2.24. The molecule has 2 aromatic heterocycles. The van der Waals surface area contributed by atoms with Crippen molar-refractivity contribution >= 4 is 34.3 Å². The van der Waals surface area contributed by atoms with Crippen LogP contribution in [0.5, 0.6) is 11.5 Å². The molecule has 0 amide bonds. The van der Waals surface area contributed by atoms with E-state index >= 15 is 0 Å². The van der Waals surface area contributed by atoms with Crippen molar-refractivity contribution < 1.29 is 9.47 Å². The summed E-state index contributed by atoms with van der Waals surface area (Å²) >= 11 is 1.41. The Bertz CT molecular complexity index is 1280. The van der Waals surface area contributed by atoms with Crippen molar-refractivity contribution in [3.8, 4) is 11.5 Å². The Kier molecular flexibility index (Phi) is 3.36. The first-order valence-corrected chi connectivity index (χ1v) is 9.24. The first kappa shape index (κ1) is 15.2. The Labute approximate surface area is 152 Å². The zero-order valence-electron chi connectivity index (χ0n) is 13.8. The third-order valence-electron chi connectivity index (χ3n) is 4.36. The summed E-state index contributed by atoms with van der Waals surface area (Å²) in [6.45, 7) is 0.234. The van der Waals surface area contributed by atoms with Crippen LogP contribution in [0.4, 0.5) is 0 Å². The molecule has 7 heteroatoms. The molecule has 0 bridgehead atoms. The highest BCUT2D eigenvalue weighted by atomic mass is 32.2. The lowest BCUT2D eigenvalue weighted by Crippen LogP contribution is -2.22. The van der Waals surface area contributed by atoms with E-state index in [4.69, 9.17) is 9.47 Å². The van der Waals surface area contributed by atoms with Gasteiger partial charge in [0, 0.05) is 10.6 Å². The largest absolute Gasteiger partial charge is 0.454 e. The zero-order chi connectivity index (χ0) is 17.7. The van der Waals surface area contributed by atoms with Crippen LogP contribution in [0.25, 0.3) is 22.5 Å². The molecule has 0 unspecified atom stereocenters. The van der Waals surface area contributed by atoms with Crippen LogP contribution in [0.15, 0.2) is 52.4 Å². The van der Waals surface area contributed by atoms with Crippen molar-refractivity contribution in [3.63, 3.8) is 0 Å². The Morgan fingerprint density at radius 1 is 1.12 bits per heavy atom. The van der Waals surface area contributed by atoms with E-state index in [-0.39, 0.29) is 12.4 Å². The highest BCUT2D eigenvalue weighted by molar-refractivity contribution is 7.98. The maximum Gasteiger partial charge on any atom is 0.280 e. The number of ether oxygens (including phenoxy) is 2. The fourth-order valence-electron chi connectivity index (χ4n) is 3.15. The summed E-state index contributed by atoms with van der Waals surface area (Å²) < 4.78 is 12.2. The van der Waals surface area contributed by atoms with Gasteiger partial charge in [0.25, 0.3) is 5.56 Å². The van der Waals surface area contributed by atoms with Crippen molar-refractivity contribution in [2.75, 3.05) is 13.0 Å². The van der Waals surface area contributed by atoms with Gasteiger partial charge in [0.15, 0.2) is 17.1 Å². The predicted molar refractivity (Wildman–Crippen MR) is 99.9 cm³/mol. The Balaban J connectivity index is 1.89. The molecule has 0 radical (unpaired) electrons. The molecule has 1 aliphatic rings. The molecule has 1 aliphatic heterocycles. The van der Waals surface area contributed by atoms with Gasteiger partial charge < -0.3 is 9.47 Å². The van der Waals surface area contributed by atoms with E-state index in [2.05, 4.69) is 10.1 Å². The van der Waals surface area contributed by atoms with E-state index in [1.54, 1.807) is 0 Å². The predicted octanol–water partition coefficient (Wildman–Crippen LogP) is 2.24. The highest BCUT2D eigenvalue weighted by Gasteiger charge is 2.14. The lowest BCUT2D eigenvalue weighted by molar-refractivity contribution is 0.174. The second kappa shape index (κ2) is 5.74. The normalized spacial score (nSPS) is 13.8. The van der Waals surface area contributed by atoms with Crippen LogP contribution in [-0.4, -0.2) is 27.6 Å². The summed E-state index contributed by atoms with van der Waals surface area (Å²) in [5.41, 5.74) is 1.33. The van der Waals surface area contributed by atoms with E-state index < -0.39 is 0 Å². The van der Waals surface area contributed by atoms with Crippen LogP contribution in [-0.2, 0) is 0 Å². The fraction of sp³-hybridized carbons (Fsp3) is 0.105. The van der Waals surface area contributed by atoms with Crippen LogP contribution >= 0.6 is 11.8 Å². The molecular weight excluding hydrogens is 350 g/mol. The van der Waals surface area contributed by atoms with Gasteiger partial charge in [-0.25, -0.2) is 4.98 Å². The molecule has 0 spiro atoms. The molecule has 0 fully saturated rings. The minimum absolute atomic E-state index is 0.161. The summed E-state index contributed by atoms with van der Waals surface area (Å²) in [6, 6.07) is 13.3. The number of pyridine rings is 1. The standard InChI is InChI=1S/C19H13N3O3S/c1-26-19-20-17-14(8-11-6-7-15-16(9-11)25-10-24-15)12-4-2-3-5-13(12)18(23)22(17)21-19/h2-9H,10H2,1H3. The minimum atomic E-state index is -0.161. The number of aromatic nitrogens is 3. The summed E-state index contributed by atoms with van der Waals surface area (Å²) in [5, 5.41) is 7.22. The molecule has 0 saturated carbocycles. The molecule has 0 saturated heterocycles. The molecule has 5 rings (SSSR count). The quantitative estimate of drug-likeness (QED) is 0.509. The topological polar surface area (TPSA) is 65.7 Å². The molecule has 3 heterocycles. The van der Waals surface area contributed by atoms with Gasteiger partial charge in [-0.2, -0.15) is 4.52 Å². The van der Waals surface area contributed by atoms with E-state index in [0.29, 0.717) is 21.9 Å². The lowest BCUT2D eigenvalue weighted by Gasteiger charge is -2.02. The first-order chi connectivity index (χ1) is 12.7. The van der Waals surface area contributed by atoms with Crippen molar-refractivity contribution in [2.24, 2.45) is 0 Å².